The monoisotopic (exact) mass is 256 g/mol. The molecule has 0 saturated heterocycles. The lowest BCUT2D eigenvalue weighted by atomic mass is 10.1. The topological polar surface area (TPSA) is 55.0 Å². The summed E-state index contributed by atoms with van der Waals surface area (Å²) in [5.74, 6) is 0. The summed E-state index contributed by atoms with van der Waals surface area (Å²) >= 11 is 0. The predicted molar refractivity (Wildman–Crippen MR) is 76.6 cm³/mol. The molecule has 2 rings (SSSR count). The molecule has 0 aliphatic rings. The summed E-state index contributed by atoms with van der Waals surface area (Å²) in [6.45, 7) is 1.51. The van der Waals surface area contributed by atoms with Gasteiger partial charge < -0.3 is 5.73 Å². The zero-order valence-electron chi connectivity index (χ0n) is 11.2. The van der Waals surface area contributed by atoms with E-state index in [2.05, 4.69) is 46.2 Å². The van der Waals surface area contributed by atoms with Gasteiger partial charge in [0.25, 0.3) is 0 Å². The van der Waals surface area contributed by atoms with Gasteiger partial charge in [0.1, 0.15) is 6.33 Å². The third-order valence-corrected chi connectivity index (χ3v) is 3.30. The van der Waals surface area contributed by atoms with Gasteiger partial charge in [-0.05, 0) is 25.1 Å². The van der Waals surface area contributed by atoms with Crippen LogP contribution in [0.1, 0.15) is 17.3 Å². The Kier molecular flexibility index (Phi) is 5.01. The molecule has 0 spiro atoms. The van der Waals surface area contributed by atoms with Crippen LogP contribution in [-0.2, 0) is 6.42 Å². The van der Waals surface area contributed by atoms with Crippen LogP contribution in [0, 0.1) is 0 Å². The lowest BCUT2D eigenvalue weighted by Gasteiger charge is -2.26. The summed E-state index contributed by atoms with van der Waals surface area (Å²) in [4.78, 5) is 10.5. The van der Waals surface area contributed by atoms with Crippen LogP contribution < -0.4 is 5.73 Å². The zero-order valence-corrected chi connectivity index (χ0v) is 11.2. The average Bonchev–Trinajstić information content (AvgIpc) is 2.48. The molecule has 0 radical (unpaired) electrons. The summed E-state index contributed by atoms with van der Waals surface area (Å²) in [5.41, 5.74) is 8.19. The molecule has 0 fully saturated rings. The van der Waals surface area contributed by atoms with Crippen molar-refractivity contribution in [3.63, 3.8) is 0 Å². The van der Waals surface area contributed by atoms with Crippen LogP contribution in [0.15, 0.2) is 48.9 Å². The van der Waals surface area contributed by atoms with E-state index < -0.39 is 0 Å². The molecule has 4 nitrogen and oxygen atoms in total. The third kappa shape index (κ3) is 3.84. The largest absolute Gasteiger partial charge is 0.329 e. The van der Waals surface area contributed by atoms with E-state index in [0.717, 1.165) is 18.7 Å². The minimum Gasteiger partial charge on any atom is -0.329 e. The van der Waals surface area contributed by atoms with E-state index in [4.69, 9.17) is 5.73 Å². The van der Waals surface area contributed by atoms with Crippen molar-refractivity contribution in [1.82, 2.24) is 14.9 Å². The Balaban J connectivity index is 1.96. The lowest BCUT2D eigenvalue weighted by molar-refractivity contribution is 0.248. The fourth-order valence-corrected chi connectivity index (χ4v) is 2.13. The molecule has 2 N–H and O–H groups in total. The van der Waals surface area contributed by atoms with E-state index in [9.17, 15) is 0 Å². The van der Waals surface area contributed by atoms with Crippen molar-refractivity contribution in [3.05, 3.63) is 60.2 Å². The second-order valence-electron chi connectivity index (χ2n) is 4.60. The normalized spacial score (nSPS) is 12.6. The smallest absolute Gasteiger partial charge is 0.115 e. The zero-order chi connectivity index (χ0) is 13.5. The van der Waals surface area contributed by atoms with Crippen LogP contribution in [0.4, 0.5) is 0 Å². The number of rotatable bonds is 6. The van der Waals surface area contributed by atoms with E-state index in [1.165, 1.54) is 5.56 Å². The SMILES string of the molecule is CN(CCc1ccccc1)C(CN)c1ccncn1. The minimum atomic E-state index is 0.145. The first-order valence-electron chi connectivity index (χ1n) is 6.51. The van der Waals surface area contributed by atoms with Crippen LogP contribution in [0.3, 0.4) is 0 Å². The molecule has 0 saturated carbocycles. The summed E-state index contributed by atoms with van der Waals surface area (Å²) in [7, 11) is 2.09. The summed E-state index contributed by atoms with van der Waals surface area (Å²) in [6.07, 6.45) is 4.35. The van der Waals surface area contributed by atoms with Crippen LogP contribution in [0.5, 0.6) is 0 Å². The molecule has 1 aromatic heterocycles. The fraction of sp³-hybridized carbons (Fsp3) is 0.333. The second-order valence-corrected chi connectivity index (χ2v) is 4.60. The number of aromatic nitrogens is 2. The molecular formula is C15H20N4. The Hall–Kier alpha value is -1.78. The first-order valence-corrected chi connectivity index (χ1v) is 6.51. The second kappa shape index (κ2) is 6.97. The van der Waals surface area contributed by atoms with Crippen molar-refractivity contribution < 1.29 is 0 Å². The van der Waals surface area contributed by atoms with Crippen molar-refractivity contribution in [2.24, 2.45) is 5.73 Å². The van der Waals surface area contributed by atoms with E-state index in [1.54, 1.807) is 12.5 Å². The average molecular weight is 256 g/mol. The molecule has 2 aromatic rings. The van der Waals surface area contributed by atoms with E-state index in [-0.39, 0.29) is 6.04 Å². The van der Waals surface area contributed by atoms with Gasteiger partial charge in [0, 0.05) is 19.3 Å². The van der Waals surface area contributed by atoms with Gasteiger partial charge in [0.2, 0.25) is 0 Å². The molecule has 0 aliphatic carbocycles. The van der Waals surface area contributed by atoms with Crippen molar-refractivity contribution in [1.29, 1.82) is 0 Å². The van der Waals surface area contributed by atoms with Gasteiger partial charge in [0.15, 0.2) is 0 Å². The highest BCUT2D eigenvalue weighted by molar-refractivity contribution is 5.15. The molecule has 0 bridgehead atoms. The van der Waals surface area contributed by atoms with Crippen molar-refractivity contribution in [2.75, 3.05) is 20.1 Å². The number of nitrogens with two attached hydrogens (primary N) is 1. The summed E-state index contributed by atoms with van der Waals surface area (Å²) in [5, 5.41) is 0. The summed E-state index contributed by atoms with van der Waals surface area (Å²) < 4.78 is 0. The van der Waals surface area contributed by atoms with Gasteiger partial charge in [-0.1, -0.05) is 30.3 Å². The van der Waals surface area contributed by atoms with Gasteiger partial charge in [-0.3, -0.25) is 4.90 Å². The maximum atomic E-state index is 5.87. The molecule has 0 aliphatic heterocycles. The number of hydrogen-bond donors (Lipinski definition) is 1. The van der Waals surface area contributed by atoms with Crippen LogP contribution in [0.25, 0.3) is 0 Å². The molecule has 1 heterocycles. The van der Waals surface area contributed by atoms with Crippen LogP contribution >= 0.6 is 0 Å². The highest BCUT2D eigenvalue weighted by Crippen LogP contribution is 2.15. The number of hydrogen-bond acceptors (Lipinski definition) is 4. The molecule has 100 valence electrons. The Morgan fingerprint density at radius 1 is 1.21 bits per heavy atom. The lowest BCUT2D eigenvalue weighted by Crippen LogP contribution is -2.32. The number of nitrogens with zero attached hydrogens (tertiary/aromatic N) is 3. The quantitative estimate of drug-likeness (QED) is 0.854. The Morgan fingerprint density at radius 2 is 2.00 bits per heavy atom. The van der Waals surface area contributed by atoms with E-state index in [0.29, 0.717) is 6.54 Å². The molecule has 0 amide bonds. The predicted octanol–water partition coefficient (Wildman–Crippen LogP) is 1.65. The van der Waals surface area contributed by atoms with Crippen LogP contribution in [0.2, 0.25) is 0 Å². The highest BCUT2D eigenvalue weighted by Gasteiger charge is 2.16. The molecule has 1 unspecified atom stereocenters. The Bertz CT molecular complexity index is 472. The van der Waals surface area contributed by atoms with E-state index in [1.807, 2.05) is 12.1 Å². The number of benzene rings is 1. The van der Waals surface area contributed by atoms with Gasteiger partial charge in [0.05, 0.1) is 11.7 Å². The van der Waals surface area contributed by atoms with Crippen LogP contribution in [-0.4, -0.2) is 35.0 Å². The Labute approximate surface area is 114 Å². The Morgan fingerprint density at radius 3 is 2.63 bits per heavy atom. The van der Waals surface area contributed by atoms with Gasteiger partial charge in [-0.25, -0.2) is 9.97 Å². The minimum absolute atomic E-state index is 0.145. The number of likely N-dealkylation sites (N-methyl/N-ethyl adjacent to an activating group) is 1. The molecule has 19 heavy (non-hydrogen) atoms. The maximum absolute atomic E-state index is 5.87. The fourth-order valence-electron chi connectivity index (χ4n) is 2.13. The van der Waals surface area contributed by atoms with Gasteiger partial charge in [-0.2, -0.15) is 0 Å². The highest BCUT2D eigenvalue weighted by atomic mass is 15.1. The van der Waals surface area contributed by atoms with E-state index >= 15 is 0 Å². The van der Waals surface area contributed by atoms with Crippen molar-refractivity contribution in [2.45, 2.75) is 12.5 Å². The molecular weight excluding hydrogens is 236 g/mol. The van der Waals surface area contributed by atoms with Crippen molar-refractivity contribution in [3.8, 4) is 0 Å². The molecule has 1 atom stereocenters. The third-order valence-electron chi connectivity index (χ3n) is 3.30. The van der Waals surface area contributed by atoms with Gasteiger partial charge in [-0.15, -0.1) is 0 Å². The molecule has 1 aromatic carbocycles. The van der Waals surface area contributed by atoms with Crippen molar-refractivity contribution >= 4 is 0 Å². The first kappa shape index (κ1) is 13.6. The molecule has 4 heteroatoms. The standard InChI is InChI=1S/C15H20N4/c1-19(10-8-13-5-3-2-4-6-13)15(11-16)14-7-9-17-12-18-14/h2-7,9,12,15H,8,10-11,16H2,1H3. The first-order chi connectivity index (χ1) is 9.31. The van der Waals surface area contributed by atoms with Gasteiger partial charge >= 0.3 is 0 Å². The summed E-state index contributed by atoms with van der Waals surface area (Å²) in [6, 6.07) is 12.5. The maximum Gasteiger partial charge on any atom is 0.115 e.